The quantitative estimate of drug-likeness (QED) is 0.435. The highest BCUT2D eigenvalue weighted by atomic mass is 32.2. The Morgan fingerprint density at radius 3 is 2.57 bits per heavy atom. The van der Waals surface area contributed by atoms with Gasteiger partial charge in [-0.1, -0.05) is 66.4 Å². The number of nitrogens with zero attached hydrogens (tertiary/aromatic N) is 1. The summed E-state index contributed by atoms with van der Waals surface area (Å²) in [6, 6.07) is 20.8. The van der Waals surface area contributed by atoms with E-state index in [0.29, 0.717) is 11.4 Å². The topological polar surface area (TPSA) is 93.5 Å². The van der Waals surface area contributed by atoms with Crippen molar-refractivity contribution >= 4 is 42.2 Å². The van der Waals surface area contributed by atoms with Crippen LogP contribution in [0.4, 0.5) is 0 Å². The second-order valence-corrected chi connectivity index (χ2v) is 9.21. The molecule has 2 N–H and O–H groups in total. The van der Waals surface area contributed by atoms with Crippen LogP contribution in [0.25, 0.3) is 10.9 Å². The number of fused-ring (bicyclic) bond motifs is 1. The van der Waals surface area contributed by atoms with E-state index in [4.69, 9.17) is 0 Å². The Morgan fingerprint density at radius 1 is 1.11 bits per heavy atom. The van der Waals surface area contributed by atoms with Crippen molar-refractivity contribution in [2.45, 2.75) is 23.5 Å². The van der Waals surface area contributed by atoms with E-state index < -0.39 is 19.3 Å². The highest BCUT2D eigenvalue weighted by Gasteiger charge is 2.36. The second kappa shape index (κ2) is 9.30. The molecule has 144 valence electrons. The van der Waals surface area contributed by atoms with E-state index in [-0.39, 0.29) is 11.9 Å². The van der Waals surface area contributed by atoms with Crippen molar-refractivity contribution in [3.63, 3.8) is 0 Å². The van der Waals surface area contributed by atoms with Gasteiger partial charge in [-0.15, -0.1) is 0 Å². The number of hydrogen-bond donors (Lipinski definition) is 2. The molecule has 0 aliphatic carbocycles. The number of para-hydroxylation sites is 1. The van der Waals surface area contributed by atoms with Crippen LogP contribution in [0, 0.1) is 0 Å². The fourth-order valence-corrected chi connectivity index (χ4v) is 5.12. The Bertz CT molecular complexity index is 996. The van der Waals surface area contributed by atoms with E-state index in [1.165, 1.54) is 11.8 Å². The lowest BCUT2D eigenvalue weighted by molar-refractivity contribution is -0.155. The molecule has 0 aliphatic heterocycles. The third-order valence-corrected chi connectivity index (χ3v) is 7.05. The van der Waals surface area contributed by atoms with Gasteiger partial charge in [-0.3, -0.25) is 0 Å². The molecule has 2 unspecified atom stereocenters. The zero-order valence-electron chi connectivity index (χ0n) is 15.1. The molecule has 0 fully saturated rings. The lowest BCUT2D eigenvalue weighted by Crippen LogP contribution is -2.41. The Labute approximate surface area is 168 Å². The third kappa shape index (κ3) is 5.40. The third-order valence-electron chi connectivity index (χ3n) is 4.28. The normalized spacial score (nSPS) is 14.0. The summed E-state index contributed by atoms with van der Waals surface area (Å²) in [7, 11) is -2.03. The van der Waals surface area contributed by atoms with E-state index in [9.17, 15) is 19.9 Å². The molecule has 0 radical (unpaired) electrons. The standard InChI is InChI=1S/C21H20NO4PS/c23-20(24)21(25,13-12-16-6-2-1-3-7-16)14-27(26)15-28-19-11-10-17-8-4-5-9-18(17)22-19/h1-11,14,25H,12-13,15H2,(H,23,24). The molecule has 0 bridgehead atoms. The van der Waals surface area contributed by atoms with E-state index in [2.05, 4.69) is 4.98 Å². The molecule has 1 heterocycles. The lowest BCUT2D eigenvalue weighted by Gasteiger charge is -2.18. The predicted molar refractivity (Wildman–Crippen MR) is 113 cm³/mol. The molecular formula is C21H20NO4PS. The molecule has 5 nitrogen and oxygen atoms in total. The zero-order valence-corrected chi connectivity index (χ0v) is 16.8. The highest BCUT2D eigenvalue weighted by Crippen LogP contribution is 2.29. The molecule has 28 heavy (non-hydrogen) atoms. The lowest BCUT2D eigenvalue weighted by atomic mass is 9.97. The number of aromatic nitrogens is 1. The summed E-state index contributed by atoms with van der Waals surface area (Å²) < 4.78 is 0. The van der Waals surface area contributed by atoms with Crippen LogP contribution in [0.2, 0.25) is 0 Å². The van der Waals surface area contributed by atoms with Crippen LogP contribution in [-0.2, 0) is 11.2 Å². The van der Waals surface area contributed by atoms with Gasteiger partial charge in [0.25, 0.3) is 0 Å². The largest absolute Gasteiger partial charge is 0.630 e. The van der Waals surface area contributed by atoms with Crippen LogP contribution >= 0.6 is 19.5 Å². The van der Waals surface area contributed by atoms with Crippen LogP contribution < -0.4 is 4.89 Å². The number of hydrogen-bond acceptors (Lipinski definition) is 5. The summed E-state index contributed by atoms with van der Waals surface area (Å²) >= 11 is 1.28. The van der Waals surface area contributed by atoms with Crippen LogP contribution in [0.5, 0.6) is 0 Å². The van der Waals surface area contributed by atoms with Gasteiger partial charge < -0.3 is 15.1 Å². The van der Waals surface area contributed by atoms with Crippen molar-refractivity contribution < 1.29 is 19.9 Å². The Balaban J connectivity index is 1.66. The predicted octanol–water partition coefficient (Wildman–Crippen LogP) is 3.29. The van der Waals surface area contributed by atoms with Gasteiger partial charge in [-0.25, -0.2) is 9.78 Å². The summed E-state index contributed by atoms with van der Waals surface area (Å²) in [4.78, 5) is 28.5. The number of aryl methyl sites for hydroxylation is 1. The maximum atomic E-state index is 12.4. The molecule has 0 spiro atoms. The molecule has 3 rings (SSSR count). The van der Waals surface area contributed by atoms with E-state index in [1.807, 2.05) is 66.7 Å². The first-order valence-electron chi connectivity index (χ1n) is 8.74. The van der Waals surface area contributed by atoms with Crippen molar-refractivity contribution in [1.29, 1.82) is 0 Å². The molecule has 2 atom stereocenters. The van der Waals surface area contributed by atoms with Gasteiger partial charge in [0.2, 0.25) is 5.60 Å². The summed E-state index contributed by atoms with van der Waals surface area (Å²) in [6.45, 7) is 0. The summed E-state index contributed by atoms with van der Waals surface area (Å²) in [5.41, 5.74) is -0.209. The van der Waals surface area contributed by atoms with Gasteiger partial charge >= 0.3 is 5.97 Å². The molecule has 7 heteroatoms. The maximum Gasteiger partial charge on any atom is 0.343 e. The number of aliphatic carboxylic acids is 1. The Kier molecular flexibility index (Phi) is 6.81. The minimum Gasteiger partial charge on any atom is -0.630 e. The van der Waals surface area contributed by atoms with Gasteiger partial charge in [0, 0.05) is 5.39 Å². The van der Waals surface area contributed by atoms with E-state index in [0.717, 1.165) is 22.3 Å². The minimum atomic E-state index is -2.12. The highest BCUT2D eigenvalue weighted by molar-refractivity contribution is 8.04. The average Bonchev–Trinajstić information content (AvgIpc) is 2.71. The molecule has 0 saturated carbocycles. The van der Waals surface area contributed by atoms with Crippen molar-refractivity contribution in [1.82, 2.24) is 4.98 Å². The Morgan fingerprint density at radius 2 is 1.82 bits per heavy atom. The smallest absolute Gasteiger partial charge is 0.343 e. The molecule has 0 aliphatic rings. The minimum absolute atomic E-state index is 0.0354. The number of rotatable bonds is 8. The first-order valence-corrected chi connectivity index (χ1v) is 11.2. The van der Waals surface area contributed by atoms with E-state index in [1.54, 1.807) is 0 Å². The fraction of sp³-hybridized carbons (Fsp3) is 0.190. The van der Waals surface area contributed by atoms with Crippen molar-refractivity contribution in [3.05, 3.63) is 72.3 Å². The average molecular weight is 413 g/mol. The van der Waals surface area contributed by atoms with Gasteiger partial charge in [0.05, 0.1) is 13.3 Å². The van der Waals surface area contributed by atoms with Gasteiger partial charge in [-0.2, -0.15) is 0 Å². The first-order chi connectivity index (χ1) is 13.5. The van der Waals surface area contributed by atoms with Gasteiger partial charge in [-0.05, 0) is 30.5 Å². The van der Waals surface area contributed by atoms with Crippen LogP contribution in [-0.4, -0.2) is 38.1 Å². The number of carbonyl (C=O) groups is 1. The van der Waals surface area contributed by atoms with Crippen molar-refractivity contribution in [2.75, 3.05) is 5.49 Å². The fourth-order valence-electron chi connectivity index (χ4n) is 2.74. The van der Waals surface area contributed by atoms with Crippen molar-refractivity contribution in [2.24, 2.45) is 0 Å². The number of pyridine rings is 1. The molecule has 0 saturated heterocycles. The zero-order chi connectivity index (χ0) is 20.0. The molecule has 2 aromatic carbocycles. The van der Waals surface area contributed by atoms with Crippen LogP contribution in [0.15, 0.2) is 71.8 Å². The monoisotopic (exact) mass is 413 g/mol. The molecule has 0 amide bonds. The molecule has 1 aromatic heterocycles. The molecule has 3 aromatic rings. The maximum absolute atomic E-state index is 12.4. The van der Waals surface area contributed by atoms with Crippen LogP contribution in [0.3, 0.4) is 0 Å². The first kappa shape index (κ1) is 20.5. The Hall–Kier alpha value is -2.24. The number of aliphatic hydroxyl groups is 1. The van der Waals surface area contributed by atoms with Gasteiger partial charge in [0.1, 0.15) is 10.8 Å². The number of carboxylic acids is 1. The molecular weight excluding hydrogens is 393 g/mol. The number of thioether (sulfide) groups is 1. The number of carboxylic acid groups (broad SMARTS) is 1. The SMILES string of the molecule is O=C(O)C(O)(C=[P+]([O-])CSc1ccc2ccccc2n1)CCc1ccccc1. The summed E-state index contributed by atoms with van der Waals surface area (Å²) in [5.74, 6) is -0.331. The number of benzene rings is 2. The van der Waals surface area contributed by atoms with E-state index >= 15 is 0 Å². The summed E-state index contributed by atoms with van der Waals surface area (Å²) in [6.07, 6.45) is 0.342. The van der Waals surface area contributed by atoms with Crippen LogP contribution in [0.1, 0.15) is 12.0 Å². The summed E-state index contributed by atoms with van der Waals surface area (Å²) in [5, 5.41) is 21.7. The second-order valence-electron chi connectivity index (χ2n) is 6.38. The van der Waals surface area contributed by atoms with Crippen molar-refractivity contribution in [3.8, 4) is 0 Å². The van der Waals surface area contributed by atoms with Gasteiger partial charge in [0.15, 0.2) is 5.49 Å².